The largest absolute Gasteiger partial charge is 0.375 e. The first-order chi connectivity index (χ1) is 10.7. The van der Waals surface area contributed by atoms with Crippen molar-refractivity contribution in [3.63, 3.8) is 0 Å². The van der Waals surface area contributed by atoms with Crippen molar-refractivity contribution in [2.24, 2.45) is 0 Å². The Bertz CT molecular complexity index is 970. The average Bonchev–Trinajstić information content (AvgIpc) is 3.15. The molecule has 2 N–H and O–H groups in total. The van der Waals surface area contributed by atoms with Crippen molar-refractivity contribution >= 4 is 22.1 Å². The average molecular weight is 307 g/mol. The second kappa shape index (κ2) is 4.92. The first-order valence-corrected chi connectivity index (χ1v) is 7.71. The first-order valence-electron chi connectivity index (χ1n) is 6.83. The number of hydrogen-bond donors (Lipinski definition) is 1. The number of aryl methyl sites for hydroxylation is 1. The molecule has 0 amide bonds. The number of aromatic nitrogens is 4. The van der Waals surface area contributed by atoms with Crippen LogP contribution >= 0.6 is 11.3 Å². The molecule has 0 fully saturated rings. The van der Waals surface area contributed by atoms with Gasteiger partial charge in [0.25, 0.3) is 0 Å². The third-order valence-electron chi connectivity index (χ3n) is 3.51. The van der Waals surface area contributed by atoms with Gasteiger partial charge in [-0.1, -0.05) is 23.8 Å². The summed E-state index contributed by atoms with van der Waals surface area (Å²) in [6, 6.07) is 8.33. The summed E-state index contributed by atoms with van der Waals surface area (Å²) < 4.78 is 2.03. The van der Waals surface area contributed by atoms with Gasteiger partial charge in [-0.2, -0.15) is 0 Å². The van der Waals surface area contributed by atoms with Crippen LogP contribution in [-0.2, 0) is 0 Å². The number of rotatable bonds is 2. The molecule has 4 aromatic rings. The molecule has 0 spiro atoms. The molecular formula is C16H13N5S. The zero-order chi connectivity index (χ0) is 15.1. The van der Waals surface area contributed by atoms with Gasteiger partial charge >= 0.3 is 0 Å². The van der Waals surface area contributed by atoms with Crippen molar-refractivity contribution in [2.75, 3.05) is 5.73 Å². The number of nitrogen functional groups attached to an aromatic ring is 1. The SMILES string of the molecule is Cc1cccc(-c2cnc(-c3csc(N)n3)c3nccn23)c1. The summed E-state index contributed by atoms with van der Waals surface area (Å²) in [5, 5.41) is 2.43. The smallest absolute Gasteiger partial charge is 0.180 e. The van der Waals surface area contributed by atoms with Gasteiger partial charge in [-0.15, -0.1) is 11.3 Å². The lowest BCUT2D eigenvalue weighted by Gasteiger charge is -2.08. The molecule has 108 valence electrons. The third-order valence-corrected chi connectivity index (χ3v) is 4.18. The molecule has 0 saturated heterocycles. The van der Waals surface area contributed by atoms with Crippen molar-refractivity contribution < 1.29 is 0 Å². The van der Waals surface area contributed by atoms with E-state index in [4.69, 9.17) is 5.73 Å². The van der Waals surface area contributed by atoms with Crippen molar-refractivity contribution in [1.82, 2.24) is 19.4 Å². The molecule has 3 aromatic heterocycles. The molecule has 22 heavy (non-hydrogen) atoms. The van der Waals surface area contributed by atoms with Crippen LogP contribution in [0, 0.1) is 6.92 Å². The van der Waals surface area contributed by atoms with Gasteiger partial charge in [0.15, 0.2) is 10.8 Å². The number of fused-ring (bicyclic) bond motifs is 1. The van der Waals surface area contributed by atoms with E-state index in [2.05, 4.69) is 40.1 Å². The fraction of sp³-hybridized carbons (Fsp3) is 0.0625. The molecular weight excluding hydrogens is 294 g/mol. The van der Waals surface area contributed by atoms with Crippen LogP contribution < -0.4 is 5.73 Å². The van der Waals surface area contributed by atoms with E-state index in [0.717, 1.165) is 28.3 Å². The lowest BCUT2D eigenvalue weighted by Crippen LogP contribution is -1.97. The van der Waals surface area contributed by atoms with Crippen molar-refractivity contribution in [1.29, 1.82) is 0 Å². The molecule has 0 unspecified atom stereocenters. The summed E-state index contributed by atoms with van der Waals surface area (Å²) in [5.41, 5.74) is 11.3. The van der Waals surface area contributed by atoms with Crippen molar-refractivity contribution in [2.45, 2.75) is 6.92 Å². The minimum Gasteiger partial charge on any atom is -0.375 e. The van der Waals surface area contributed by atoms with Crippen LogP contribution in [0.25, 0.3) is 28.3 Å². The van der Waals surface area contributed by atoms with Gasteiger partial charge < -0.3 is 5.73 Å². The lowest BCUT2D eigenvalue weighted by molar-refractivity contribution is 1.13. The highest BCUT2D eigenvalue weighted by atomic mass is 32.1. The third kappa shape index (κ3) is 2.05. The van der Waals surface area contributed by atoms with Gasteiger partial charge in [0, 0.05) is 23.3 Å². The fourth-order valence-electron chi connectivity index (χ4n) is 2.51. The normalized spacial score (nSPS) is 11.1. The van der Waals surface area contributed by atoms with Crippen molar-refractivity contribution in [3.05, 3.63) is 53.8 Å². The first kappa shape index (κ1) is 13.0. The Morgan fingerprint density at radius 2 is 2.14 bits per heavy atom. The van der Waals surface area contributed by atoms with E-state index in [0.29, 0.717) is 5.13 Å². The molecule has 3 heterocycles. The molecule has 0 atom stereocenters. The summed E-state index contributed by atoms with van der Waals surface area (Å²) in [7, 11) is 0. The molecule has 4 rings (SSSR count). The van der Waals surface area contributed by atoms with Crippen LogP contribution in [0.15, 0.2) is 48.2 Å². The summed E-state index contributed by atoms with van der Waals surface area (Å²) in [4.78, 5) is 13.3. The highest BCUT2D eigenvalue weighted by molar-refractivity contribution is 7.13. The number of imidazole rings is 1. The van der Waals surface area contributed by atoms with Crippen LogP contribution in [0.4, 0.5) is 5.13 Å². The molecule has 0 aliphatic heterocycles. The topological polar surface area (TPSA) is 69.1 Å². The van der Waals surface area contributed by atoms with E-state index in [1.807, 2.05) is 28.2 Å². The van der Waals surface area contributed by atoms with Gasteiger partial charge in [0.05, 0.1) is 11.9 Å². The van der Waals surface area contributed by atoms with E-state index in [-0.39, 0.29) is 0 Å². The fourth-order valence-corrected chi connectivity index (χ4v) is 3.06. The summed E-state index contributed by atoms with van der Waals surface area (Å²) in [6.07, 6.45) is 5.57. The van der Waals surface area contributed by atoms with E-state index in [1.54, 1.807) is 6.20 Å². The molecule has 5 nitrogen and oxygen atoms in total. The van der Waals surface area contributed by atoms with Crippen LogP contribution in [0.2, 0.25) is 0 Å². The van der Waals surface area contributed by atoms with Crippen LogP contribution in [0.1, 0.15) is 5.56 Å². The second-order valence-electron chi connectivity index (χ2n) is 5.05. The standard InChI is InChI=1S/C16H13N5S/c1-10-3-2-4-11(7-10)13-8-19-14(12-9-22-16(17)20-12)15-18-5-6-21(13)15/h2-9H,1H3,(H2,17,20). The summed E-state index contributed by atoms with van der Waals surface area (Å²) in [5.74, 6) is 0. The quantitative estimate of drug-likeness (QED) is 0.616. The molecule has 0 saturated carbocycles. The highest BCUT2D eigenvalue weighted by Gasteiger charge is 2.13. The summed E-state index contributed by atoms with van der Waals surface area (Å²) >= 11 is 1.40. The van der Waals surface area contributed by atoms with E-state index >= 15 is 0 Å². The number of nitrogens with two attached hydrogens (primary N) is 1. The predicted octanol–water partition coefficient (Wildman–Crippen LogP) is 3.41. The number of hydrogen-bond acceptors (Lipinski definition) is 5. The minimum atomic E-state index is 0.532. The number of benzene rings is 1. The van der Waals surface area contributed by atoms with Gasteiger partial charge in [0.2, 0.25) is 0 Å². The zero-order valence-electron chi connectivity index (χ0n) is 11.9. The van der Waals surface area contributed by atoms with Gasteiger partial charge in [-0.05, 0) is 13.0 Å². The lowest BCUT2D eigenvalue weighted by atomic mass is 10.1. The van der Waals surface area contributed by atoms with Crippen LogP contribution in [0.5, 0.6) is 0 Å². The molecule has 0 bridgehead atoms. The Kier molecular flexibility index (Phi) is 2.90. The van der Waals surface area contributed by atoms with E-state index in [1.165, 1.54) is 16.9 Å². The minimum absolute atomic E-state index is 0.532. The van der Waals surface area contributed by atoms with Crippen molar-refractivity contribution in [3.8, 4) is 22.6 Å². The predicted molar refractivity (Wildman–Crippen MR) is 88.7 cm³/mol. The number of anilines is 1. The van der Waals surface area contributed by atoms with E-state index < -0.39 is 0 Å². The Morgan fingerprint density at radius 1 is 1.23 bits per heavy atom. The monoisotopic (exact) mass is 307 g/mol. The highest BCUT2D eigenvalue weighted by Crippen LogP contribution is 2.28. The Hall–Kier alpha value is -2.73. The zero-order valence-corrected chi connectivity index (χ0v) is 12.7. The van der Waals surface area contributed by atoms with Crippen LogP contribution in [0.3, 0.4) is 0 Å². The van der Waals surface area contributed by atoms with E-state index in [9.17, 15) is 0 Å². The maximum absolute atomic E-state index is 5.73. The second-order valence-corrected chi connectivity index (χ2v) is 5.94. The Balaban J connectivity index is 1.95. The summed E-state index contributed by atoms with van der Waals surface area (Å²) in [6.45, 7) is 2.08. The molecule has 1 aromatic carbocycles. The maximum Gasteiger partial charge on any atom is 0.180 e. The van der Waals surface area contributed by atoms with Gasteiger partial charge in [0.1, 0.15) is 11.4 Å². The Morgan fingerprint density at radius 3 is 2.91 bits per heavy atom. The molecule has 6 heteroatoms. The van der Waals surface area contributed by atoms with Gasteiger partial charge in [-0.3, -0.25) is 4.40 Å². The Labute approximate surface area is 131 Å². The number of nitrogens with zero attached hydrogens (tertiary/aromatic N) is 4. The molecule has 0 radical (unpaired) electrons. The van der Waals surface area contributed by atoms with Gasteiger partial charge in [-0.25, -0.2) is 15.0 Å². The maximum atomic E-state index is 5.73. The molecule has 0 aliphatic rings. The van der Waals surface area contributed by atoms with Crippen LogP contribution in [-0.4, -0.2) is 19.4 Å². The molecule has 0 aliphatic carbocycles. The number of thiazole rings is 1.